The number of carbonyl (C=O) groups is 1. The minimum absolute atomic E-state index is 0.0123. The number of likely N-dealkylation sites (N-methyl/N-ethyl adjacent to an activating group) is 1. The topological polar surface area (TPSA) is 64.6 Å². The molecule has 25 heavy (non-hydrogen) atoms. The van der Waals surface area contributed by atoms with Crippen molar-refractivity contribution in [3.05, 3.63) is 12.0 Å². The van der Waals surface area contributed by atoms with E-state index < -0.39 is 5.82 Å². The first-order chi connectivity index (χ1) is 12.1. The summed E-state index contributed by atoms with van der Waals surface area (Å²) in [6.45, 7) is 3.82. The summed E-state index contributed by atoms with van der Waals surface area (Å²) in [4.78, 5) is 27.4. The number of hydrogen-bond donors (Lipinski definition) is 1. The van der Waals surface area contributed by atoms with E-state index in [0.717, 1.165) is 38.9 Å². The fourth-order valence-electron chi connectivity index (χ4n) is 3.62. The molecule has 8 heteroatoms. The quantitative estimate of drug-likeness (QED) is 0.883. The van der Waals surface area contributed by atoms with Crippen molar-refractivity contribution in [2.45, 2.75) is 31.7 Å². The molecule has 0 radical (unpaired) electrons. The monoisotopic (exact) mass is 350 g/mol. The van der Waals surface area contributed by atoms with Crippen LogP contribution in [0.1, 0.15) is 25.7 Å². The molecule has 1 aromatic rings. The molecule has 2 saturated heterocycles. The Hall–Kier alpha value is -1.96. The van der Waals surface area contributed by atoms with Gasteiger partial charge in [0.05, 0.1) is 12.2 Å². The molecule has 1 N–H and O–H groups in total. The molecule has 2 aliphatic heterocycles. The van der Waals surface area contributed by atoms with Crippen LogP contribution in [-0.4, -0.2) is 78.5 Å². The van der Waals surface area contributed by atoms with Gasteiger partial charge in [-0.15, -0.1) is 0 Å². The van der Waals surface area contributed by atoms with E-state index in [2.05, 4.69) is 20.2 Å². The highest BCUT2D eigenvalue weighted by molar-refractivity contribution is 5.82. The van der Waals surface area contributed by atoms with E-state index in [-0.39, 0.29) is 17.8 Å². The highest BCUT2D eigenvalue weighted by Crippen LogP contribution is 2.20. The molecule has 0 aliphatic carbocycles. The average molecular weight is 350 g/mol. The van der Waals surface area contributed by atoms with Crippen molar-refractivity contribution in [2.24, 2.45) is 0 Å². The van der Waals surface area contributed by atoms with Gasteiger partial charge < -0.3 is 15.1 Å². The Labute approximate surface area is 148 Å². The van der Waals surface area contributed by atoms with E-state index in [0.29, 0.717) is 19.0 Å². The van der Waals surface area contributed by atoms with Gasteiger partial charge in [0.2, 0.25) is 11.9 Å². The molecule has 1 amide bonds. The molecule has 1 atom stereocenters. The Morgan fingerprint density at radius 3 is 2.80 bits per heavy atom. The van der Waals surface area contributed by atoms with Gasteiger partial charge >= 0.3 is 0 Å². The second kappa shape index (κ2) is 7.95. The van der Waals surface area contributed by atoms with Crippen molar-refractivity contribution in [3.8, 4) is 0 Å². The van der Waals surface area contributed by atoms with Crippen LogP contribution in [0.25, 0.3) is 0 Å². The largest absolute Gasteiger partial charge is 0.371 e. The van der Waals surface area contributed by atoms with Gasteiger partial charge in [-0.25, -0.2) is 9.37 Å². The molecule has 2 fully saturated rings. The fourth-order valence-corrected chi connectivity index (χ4v) is 3.62. The van der Waals surface area contributed by atoms with E-state index >= 15 is 0 Å². The predicted octanol–water partition coefficient (Wildman–Crippen LogP) is 1.18. The highest BCUT2D eigenvalue weighted by atomic mass is 19.1. The van der Waals surface area contributed by atoms with Gasteiger partial charge in [0.1, 0.15) is 0 Å². The van der Waals surface area contributed by atoms with Crippen molar-refractivity contribution >= 4 is 17.7 Å². The maximum atomic E-state index is 13.6. The molecule has 1 aromatic heterocycles. The number of hydrogen-bond acceptors (Lipinski definition) is 6. The lowest BCUT2D eigenvalue weighted by Gasteiger charge is -2.35. The number of nitrogens with zero attached hydrogens (tertiary/aromatic N) is 5. The van der Waals surface area contributed by atoms with Gasteiger partial charge in [-0.1, -0.05) is 6.42 Å². The minimum atomic E-state index is -0.460. The molecule has 0 saturated carbocycles. The summed E-state index contributed by atoms with van der Waals surface area (Å²) in [6.07, 6.45) is 5.29. The highest BCUT2D eigenvalue weighted by Gasteiger charge is 2.31. The third kappa shape index (κ3) is 4.00. The zero-order valence-corrected chi connectivity index (χ0v) is 15.0. The molecule has 3 heterocycles. The number of halogens is 1. The van der Waals surface area contributed by atoms with Crippen LogP contribution < -0.4 is 10.2 Å². The van der Waals surface area contributed by atoms with Gasteiger partial charge in [-0.05, 0) is 32.9 Å². The first-order valence-corrected chi connectivity index (χ1v) is 9.04. The number of rotatable bonds is 3. The second-order valence-electron chi connectivity index (χ2n) is 6.77. The first-order valence-electron chi connectivity index (χ1n) is 9.04. The molecular formula is C17H27FN6O. The van der Waals surface area contributed by atoms with Crippen molar-refractivity contribution in [2.75, 3.05) is 57.0 Å². The molecule has 0 spiro atoms. The lowest BCUT2D eigenvalue weighted by Crippen LogP contribution is -2.50. The summed E-state index contributed by atoms with van der Waals surface area (Å²) < 4.78 is 13.6. The molecule has 7 nitrogen and oxygen atoms in total. The van der Waals surface area contributed by atoms with Crippen LogP contribution in [0, 0.1) is 5.82 Å². The van der Waals surface area contributed by atoms with Gasteiger partial charge in [-0.2, -0.15) is 4.98 Å². The Balaban J connectivity index is 1.65. The summed E-state index contributed by atoms with van der Waals surface area (Å²) >= 11 is 0. The lowest BCUT2D eigenvalue weighted by molar-refractivity contribution is -0.137. The van der Waals surface area contributed by atoms with Crippen molar-refractivity contribution in [1.29, 1.82) is 0 Å². The summed E-state index contributed by atoms with van der Waals surface area (Å²) in [7, 11) is 3.68. The third-order valence-corrected chi connectivity index (χ3v) is 5.11. The summed E-state index contributed by atoms with van der Waals surface area (Å²) in [5, 5.41) is 2.74. The number of carbonyl (C=O) groups excluding carboxylic acids is 1. The zero-order valence-electron chi connectivity index (χ0n) is 15.0. The van der Waals surface area contributed by atoms with E-state index in [9.17, 15) is 9.18 Å². The molecular weight excluding hydrogens is 323 g/mol. The molecule has 0 bridgehead atoms. The minimum Gasteiger partial charge on any atom is -0.371 e. The smallest absolute Gasteiger partial charge is 0.239 e. The molecule has 2 aliphatic rings. The SMILES string of the molecule is CNc1nc(N2CCCN(C(=O)C3CCCCN3C)CC2)ncc1F. The Bertz CT molecular complexity index is 613. The molecule has 0 aromatic carbocycles. The number of piperidine rings is 1. The molecule has 3 rings (SSSR count). The lowest BCUT2D eigenvalue weighted by atomic mass is 10.0. The van der Waals surface area contributed by atoms with E-state index in [4.69, 9.17) is 0 Å². The number of anilines is 2. The summed E-state index contributed by atoms with van der Waals surface area (Å²) in [5.41, 5.74) is 0. The van der Waals surface area contributed by atoms with Gasteiger partial charge in [-0.3, -0.25) is 9.69 Å². The van der Waals surface area contributed by atoms with Gasteiger partial charge in [0, 0.05) is 33.2 Å². The Morgan fingerprint density at radius 1 is 1.20 bits per heavy atom. The number of aromatic nitrogens is 2. The number of nitrogens with one attached hydrogen (secondary N) is 1. The number of likely N-dealkylation sites (tertiary alicyclic amines) is 1. The van der Waals surface area contributed by atoms with Crippen molar-refractivity contribution in [1.82, 2.24) is 19.8 Å². The fraction of sp³-hybridized carbons (Fsp3) is 0.706. The first kappa shape index (κ1) is 17.8. The van der Waals surface area contributed by atoms with Crippen LogP contribution in [-0.2, 0) is 4.79 Å². The van der Waals surface area contributed by atoms with Gasteiger partial charge in [0.15, 0.2) is 11.6 Å². The zero-order chi connectivity index (χ0) is 17.8. The van der Waals surface area contributed by atoms with E-state index in [1.165, 1.54) is 12.6 Å². The Kier molecular flexibility index (Phi) is 5.67. The Morgan fingerprint density at radius 2 is 2.04 bits per heavy atom. The summed E-state index contributed by atoms with van der Waals surface area (Å²) in [6, 6.07) is 0.0123. The van der Waals surface area contributed by atoms with Crippen molar-refractivity contribution in [3.63, 3.8) is 0 Å². The van der Waals surface area contributed by atoms with Crippen molar-refractivity contribution < 1.29 is 9.18 Å². The maximum absolute atomic E-state index is 13.6. The van der Waals surface area contributed by atoms with Crippen LogP contribution in [0.3, 0.4) is 0 Å². The third-order valence-electron chi connectivity index (χ3n) is 5.11. The van der Waals surface area contributed by atoms with E-state index in [1.54, 1.807) is 7.05 Å². The molecule has 1 unspecified atom stereocenters. The van der Waals surface area contributed by atoms with E-state index in [1.807, 2.05) is 16.8 Å². The standard InChI is InChI=1S/C17H27FN6O/c1-19-15-13(18)12-20-17(21-15)24-9-5-8-23(10-11-24)16(25)14-6-3-4-7-22(14)2/h12,14H,3-11H2,1-2H3,(H,19,20,21). The van der Waals surface area contributed by atoms with Crippen LogP contribution in [0.4, 0.5) is 16.2 Å². The predicted molar refractivity (Wildman–Crippen MR) is 95.2 cm³/mol. The second-order valence-corrected chi connectivity index (χ2v) is 6.77. The van der Waals surface area contributed by atoms with Crippen LogP contribution >= 0.6 is 0 Å². The summed E-state index contributed by atoms with van der Waals surface area (Å²) in [5.74, 6) is 0.485. The maximum Gasteiger partial charge on any atom is 0.239 e. The van der Waals surface area contributed by atoms with Crippen LogP contribution in [0.5, 0.6) is 0 Å². The van der Waals surface area contributed by atoms with Crippen LogP contribution in [0.15, 0.2) is 6.20 Å². The average Bonchev–Trinajstić information content (AvgIpc) is 2.88. The number of amides is 1. The molecule has 138 valence electrons. The normalized spacial score (nSPS) is 22.6. The van der Waals surface area contributed by atoms with Crippen LogP contribution in [0.2, 0.25) is 0 Å². The van der Waals surface area contributed by atoms with Gasteiger partial charge in [0.25, 0.3) is 0 Å².